The average Bonchev–Trinajstić information content (AvgIpc) is 3.09. The van der Waals surface area contributed by atoms with Crippen molar-refractivity contribution in [3.05, 3.63) is 82.6 Å². The van der Waals surface area contributed by atoms with Crippen LogP contribution in [0, 0.1) is 6.92 Å². The van der Waals surface area contributed by atoms with E-state index in [-0.39, 0.29) is 6.10 Å². The van der Waals surface area contributed by atoms with Gasteiger partial charge >= 0.3 is 0 Å². The molecule has 0 aliphatic heterocycles. The van der Waals surface area contributed by atoms with Gasteiger partial charge < -0.3 is 9.30 Å². The number of rotatable bonds is 6. The molecule has 0 aliphatic carbocycles. The van der Waals surface area contributed by atoms with Crippen LogP contribution in [0.1, 0.15) is 30.0 Å². The summed E-state index contributed by atoms with van der Waals surface area (Å²) >= 11 is 7.72. The summed E-state index contributed by atoms with van der Waals surface area (Å²) in [5, 5.41) is 12.9. The lowest BCUT2D eigenvalue weighted by molar-refractivity contribution is 0.210. The Hall–Kier alpha value is -2.50. The van der Waals surface area contributed by atoms with Gasteiger partial charge in [-0.1, -0.05) is 65.8 Å². The second-order valence-electron chi connectivity index (χ2n) is 7.00. The zero-order valence-corrected chi connectivity index (χ0v) is 18.2. The van der Waals surface area contributed by atoms with Gasteiger partial charge in [-0.25, -0.2) is 0 Å². The molecule has 4 nitrogen and oxygen atoms in total. The number of aromatic nitrogens is 3. The van der Waals surface area contributed by atoms with Crippen molar-refractivity contribution in [2.75, 3.05) is 0 Å². The van der Waals surface area contributed by atoms with Crippen molar-refractivity contribution in [1.82, 2.24) is 14.8 Å². The summed E-state index contributed by atoms with van der Waals surface area (Å²) in [5.41, 5.74) is 2.29. The monoisotopic (exact) mass is 423 g/mol. The quantitative estimate of drug-likeness (QED) is 0.338. The number of halogens is 1. The first-order valence-electron chi connectivity index (χ1n) is 9.44. The fourth-order valence-electron chi connectivity index (χ4n) is 3.35. The van der Waals surface area contributed by atoms with Crippen molar-refractivity contribution in [1.29, 1.82) is 0 Å². The number of nitrogens with zero attached hydrogens (tertiary/aromatic N) is 3. The van der Waals surface area contributed by atoms with Gasteiger partial charge in [-0.3, -0.25) is 0 Å². The summed E-state index contributed by atoms with van der Waals surface area (Å²) in [6, 6.07) is 20.5. The molecule has 148 valence electrons. The van der Waals surface area contributed by atoms with Gasteiger partial charge in [0.05, 0.1) is 0 Å². The maximum absolute atomic E-state index is 6.11. The zero-order valence-electron chi connectivity index (χ0n) is 16.6. The maximum Gasteiger partial charge on any atom is 0.191 e. The smallest absolute Gasteiger partial charge is 0.191 e. The highest BCUT2D eigenvalue weighted by Crippen LogP contribution is 2.30. The summed E-state index contributed by atoms with van der Waals surface area (Å²) < 4.78 is 8.12. The lowest BCUT2D eigenvalue weighted by atomic mass is 10.1. The van der Waals surface area contributed by atoms with Gasteiger partial charge in [-0.15, -0.1) is 10.2 Å². The normalized spacial score (nSPS) is 12.3. The molecule has 1 aromatic heterocycles. The van der Waals surface area contributed by atoms with Crippen LogP contribution >= 0.6 is 23.4 Å². The Morgan fingerprint density at radius 3 is 2.69 bits per heavy atom. The van der Waals surface area contributed by atoms with Crippen molar-refractivity contribution in [2.45, 2.75) is 30.9 Å². The predicted molar refractivity (Wildman–Crippen MR) is 120 cm³/mol. The minimum atomic E-state index is -0.223. The minimum Gasteiger partial charge on any atom is -0.482 e. The molecule has 0 spiro atoms. The zero-order chi connectivity index (χ0) is 20.4. The first-order valence-corrected chi connectivity index (χ1v) is 10.8. The molecule has 0 radical (unpaired) electrons. The van der Waals surface area contributed by atoms with Crippen molar-refractivity contribution < 1.29 is 4.74 Å². The summed E-state index contributed by atoms with van der Waals surface area (Å²) in [5.74, 6) is 2.42. The van der Waals surface area contributed by atoms with Crippen LogP contribution < -0.4 is 4.74 Å². The molecule has 6 heteroatoms. The van der Waals surface area contributed by atoms with Crippen LogP contribution in [0.15, 0.2) is 65.8 Å². The molecular formula is C23H22ClN3OS. The summed E-state index contributed by atoms with van der Waals surface area (Å²) in [6.45, 7) is 3.97. The SMILES string of the molecule is Cc1cc(Cl)ccc1OC(C)c1nnc(SCc2cccc3ccccc23)n1C. The third-order valence-corrected chi connectivity index (χ3v) is 6.21. The Balaban J connectivity index is 1.49. The van der Waals surface area contributed by atoms with E-state index in [0.717, 1.165) is 28.0 Å². The number of benzene rings is 3. The molecule has 0 bridgehead atoms. The molecule has 4 rings (SSSR count). The third kappa shape index (κ3) is 4.26. The number of fused-ring (bicyclic) bond motifs is 1. The average molecular weight is 424 g/mol. The van der Waals surface area contributed by atoms with E-state index in [4.69, 9.17) is 16.3 Å². The highest BCUT2D eigenvalue weighted by atomic mass is 35.5. The molecule has 0 N–H and O–H groups in total. The number of hydrogen-bond donors (Lipinski definition) is 0. The lowest BCUT2D eigenvalue weighted by Gasteiger charge is -2.16. The van der Waals surface area contributed by atoms with E-state index in [9.17, 15) is 0 Å². The number of aryl methyl sites for hydroxylation is 1. The minimum absolute atomic E-state index is 0.223. The summed E-state index contributed by atoms with van der Waals surface area (Å²) in [7, 11) is 1.98. The van der Waals surface area contributed by atoms with Gasteiger partial charge in [-0.2, -0.15) is 0 Å². The van der Waals surface area contributed by atoms with E-state index < -0.39 is 0 Å². The van der Waals surface area contributed by atoms with Crippen LogP contribution in [0.3, 0.4) is 0 Å². The van der Waals surface area contributed by atoms with E-state index >= 15 is 0 Å². The fourth-order valence-corrected chi connectivity index (χ4v) is 4.50. The first kappa shape index (κ1) is 19.8. The van der Waals surface area contributed by atoms with Gasteiger partial charge in [-0.05, 0) is 53.9 Å². The largest absolute Gasteiger partial charge is 0.482 e. The van der Waals surface area contributed by atoms with Crippen molar-refractivity contribution in [2.24, 2.45) is 7.05 Å². The molecule has 0 amide bonds. The number of thioether (sulfide) groups is 1. The van der Waals surface area contributed by atoms with Gasteiger partial charge in [0, 0.05) is 17.8 Å². The van der Waals surface area contributed by atoms with Gasteiger partial charge in [0.1, 0.15) is 5.75 Å². The van der Waals surface area contributed by atoms with Crippen LogP contribution in [-0.2, 0) is 12.8 Å². The molecule has 3 aromatic carbocycles. The lowest BCUT2D eigenvalue weighted by Crippen LogP contribution is -2.10. The van der Waals surface area contributed by atoms with Gasteiger partial charge in [0.2, 0.25) is 0 Å². The van der Waals surface area contributed by atoms with Crippen molar-refractivity contribution >= 4 is 34.1 Å². The Morgan fingerprint density at radius 1 is 1.07 bits per heavy atom. The van der Waals surface area contributed by atoms with Crippen molar-refractivity contribution in [3.63, 3.8) is 0 Å². The molecule has 1 unspecified atom stereocenters. The standard InChI is InChI=1S/C23H22ClN3OS/c1-15-13-19(24)11-12-21(15)28-16(2)22-25-26-23(27(22)3)29-14-18-9-6-8-17-7-4-5-10-20(17)18/h4-13,16H,14H2,1-3H3. The fraction of sp³-hybridized carbons (Fsp3) is 0.217. The highest BCUT2D eigenvalue weighted by Gasteiger charge is 2.18. The third-order valence-electron chi connectivity index (χ3n) is 4.91. The van der Waals surface area contributed by atoms with E-state index in [1.165, 1.54) is 16.3 Å². The number of ether oxygens (including phenoxy) is 1. The summed E-state index contributed by atoms with van der Waals surface area (Å²) in [4.78, 5) is 0. The van der Waals surface area contributed by atoms with E-state index in [1.807, 2.05) is 43.7 Å². The van der Waals surface area contributed by atoms with Crippen molar-refractivity contribution in [3.8, 4) is 5.75 Å². The molecule has 0 aliphatic rings. The molecule has 0 saturated carbocycles. The van der Waals surface area contributed by atoms with Crippen LogP contribution in [0.5, 0.6) is 5.75 Å². The molecule has 1 atom stereocenters. The van der Waals surface area contributed by atoms with E-state index in [2.05, 4.69) is 52.7 Å². The molecule has 0 saturated heterocycles. The Kier molecular flexibility index (Phi) is 5.79. The Morgan fingerprint density at radius 2 is 1.86 bits per heavy atom. The maximum atomic E-state index is 6.11. The predicted octanol–water partition coefficient (Wildman–Crippen LogP) is 6.36. The van der Waals surface area contributed by atoms with Crippen LogP contribution in [-0.4, -0.2) is 14.8 Å². The van der Waals surface area contributed by atoms with Crippen LogP contribution in [0.4, 0.5) is 0 Å². The van der Waals surface area contributed by atoms with Crippen LogP contribution in [0.25, 0.3) is 10.8 Å². The van der Waals surface area contributed by atoms with E-state index in [0.29, 0.717) is 5.02 Å². The molecule has 0 fully saturated rings. The highest BCUT2D eigenvalue weighted by molar-refractivity contribution is 7.98. The van der Waals surface area contributed by atoms with Gasteiger partial charge in [0.15, 0.2) is 17.1 Å². The topological polar surface area (TPSA) is 39.9 Å². The second kappa shape index (κ2) is 8.47. The Bertz CT molecular complexity index is 1150. The number of hydrogen-bond acceptors (Lipinski definition) is 4. The molecule has 4 aromatic rings. The molecule has 29 heavy (non-hydrogen) atoms. The van der Waals surface area contributed by atoms with Gasteiger partial charge in [0.25, 0.3) is 0 Å². The second-order valence-corrected chi connectivity index (χ2v) is 8.38. The first-order chi connectivity index (χ1) is 14.0. The molecular weight excluding hydrogens is 402 g/mol. The van der Waals surface area contributed by atoms with E-state index in [1.54, 1.807) is 11.8 Å². The molecule has 1 heterocycles. The van der Waals surface area contributed by atoms with Crippen LogP contribution in [0.2, 0.25) is 5.02 Å². The Labute approximate surface area is 179 Å². The summed E-state index contributed by atoms with van der Waals surface area (Å²) in [6.07, 6.45) is -0.223.